The molecule has 4 aliphatic carbocycles. The van der Waals surface area contributed by atoms with Crippen molar-refractivity contribution in [3.8, 4) is 28.4 Å². The van der Waals surface area contributed by atoms with Gasteiger partial charge in [-0.1, -0.05) is 19.9 Å². The first-order chi connectivity index (χ1) is 22.9. The van der Waals surface area contributed by atoms with Gasteiger partial charge in [-0.15, -0.1) is 0 Å². The molecule has 4 aliphatic rings. The number of aliphatic carboxylic acids is 1. The summed E-state index contributed by atoms with van der Waals surface area (Å²) < 4.78 is 13.2. The first-order valence-corrected chi connectivity index (χ1v) is 16.9. The van der Waals surface area contributed by atoms with Gasteiger partial charge in [0.1, 0.15) is 17.0 Å². The molecule has 11 nitrogen and oxygen atoms in total. The molecule has 2 amide bonds. The van der Waals surface area contributed by atoms with E-state index in [2.05, 4.69) is 24.5 Å². The zero-order valence-corrected chi connectivity index (χ0v) is 28.7. The molecular formula is C37H47N5O6. The van der Waals surface area contributed by atoms with E-state index in [-0.39, 0.29) is 29.4 Å². The third-order valence-electron chi connectivity index (χ3n) is 10.7. The minimum atomic E-state index is -1.31. The smallest absolute Gasteiger partial charge is 0.330 e. The molecule has 0 atom stereocenters. The van der Waals surface area contributed by atoms with E-state index in [1.165, 1.54) is 6.42 Å². The topological polar surface area (TPSA) is 135 Å². The summed E-state index contributed by atoms with van der Waals surface area (Å²) >= 11 is 0. The fraction of sp³-hybridized carbons (Fsp3) is 0.514. The second-order valence-corrected chi connectivity index (χ2v) is 14.3. The van der Waals surface area contributed by atoms with E-state index in [1.54, 1.807) is 25.0 Å². The van der Waals surface area contributed by atoms with Crippen LogP contribution in [-0.2, 0) is 9.59 Å². The van der Waals surface area contributed by atoms with Crippen molar-refractivity contribution in [1.82, 2.24) is 20.0 Å². The Labute approximate surface area is 282 Å². The third kappa shape index (κ3) is 6.04. The number of amides is 2. The standard InChI is InChI=1S/C37H47N5O6/c1-21(2)27-19-26(38-33(43)12-13-41(3)4)10-11-29(27)42-30(34-31(47-5)8-7-9-32(34)48-6)20-28(40-42)35(44)39-37(36(45)46)24-15-22-14-23(17-24)18-25(37)16-22/h7-11,19-25H,12-18H2,1-6H3,(H,38,43)(H,39,44)(H,45,46). The minimum absolute atomic E-state index is 0.0239. The van der Waals surface area contributed by atoms with Gasteiger partial charge in [0.05, 0.1) is 31.2 Å². The summed E-state index contributed by atoms with van der Waals surface area (Å²) in [5, 5.41) is 21.6. The second kappa shape index (κ2) is 13.3. The molecule has 1 heterocycles. The monoisotopic (exact) mass is 657 g/mol. The Bertz CT molecular complexity index is 1660. The number of hydrogen-bond acceptors (Lipinski definition) is 7. The molecule has 7 rings (SSSR count). The van der Waals surface area contributed by atoms with Crippen molar-refractivity contribution in [2.24, 2.45) is 23.7 Å². The van der Waals surface area contributed by atoms with Crippen molar-refractivity contribution in [2.75, 3.05) is 40.2 Å². The van der Waals surface area contributed by atoms with Gasteiger partial charge in [0.2, 0.25) is 5.91 Å². The number of ether oxygens (including phenoxy) is 2. The molecule has 0 unspecified atom stereocenters. The zero-order chi connectivity index (χ0) is 34.3. The summed E-state index contributed by atoms with van der Waals surface area (Å²) in [5.41, 5.74) is 2.21. The van der Waals surface area contributed by atoms with Gasteiger partial charge < -0.3 is 30.1 Å². The Balaban J connectivity index is 1.44. The summed E-state index contributed by atoms with van der Waals surface area (Å²) in [6.45, 7) is 4.74. The van der Waals surface area contributed by atoms with Crippen LogP contribution in [0.4, 0.5) is 5.69 Å². The lowest BCUT2D eigenvalue weighted by atomic mass is 9.48. The van der Waals surface area contributed by atoms with Gasteiger partial charge >= 0.3 is 5.97 Å². The van der Waals surface area contributed by atoms with Gasteiger partial charge in [-0.3, -0.25) is 9.59 Å². The van der Waals surface area contributed by atoms with Crippen molar-refractivity contribution in [2.45, 2.75) is 63.8 Å². The number of carbonyl (C=O) groups excluding carboxylic acids is 2. The SMILES string of the molecule is COc1cccc(OC)c1-c1cc(C(=O)NC2(C(=O)O)C3CC4CC(C3)CC2C4)nn1-c1ccc(NC(=O)CCN(C)C)cc1C(C)C. The number of rotatable bonds is 12. The van der Waals surface area contributed by atoms with Gasteiger partial charge in [-0.05, 0) is 118 Å². The van der Waals surface area contributed by atoms with Crippen LogP contribution in [-0.4, -0.2) is 78.0 Å². The molecule has 4 fully saturated rings. The first-order valence-electron chi connectivity index (χ1n) is 16.9. The van der Waals surface area contributed by atoms with Crippen LogP contribution in [0.5, 0.6) is 11.5 Å². The highest BCUT2D eigenvalue weighted by molar-refractivity contribution is 5.98. The van der Waals surface area contributed by atoms with Crippen molar-refractivity contribution in [3.05, 3.63) is 53.7 Å². The van der Waals surface area contributed by atoms with Crippen molar-refractivity contribution in [1.29, 1.82) is 0 Å². The lowest BCUT2D eigenvalue weighted by Gasteiger charge is -2.59. The van der Waals surface area contributed by atoms with Crippen LogP contribution in [0.3, 0.4) is 0 Å². The maximum absolute atomic E-state index is 14.2. The Morgan fingerprint density at radius 3 is 2.15 bits per heavy atom. The molecule has 4 bridgehead atoms. The predicted octanol–water partition coefficient (Wildman–Crippen LogP) is 5.58. The van der Waals surface area contributed by atoms with E-state index >= 15 is 0 Å². The molecule has 0 saturated heterocycles. The van der Waals surface area contributed by atoms with Crippen molar-refractivity contribution >= 4 is 23.5 Å². The molecule has 4 saturated carbocycles. The molecule has 0 radical (unpaired) electrons. The van der Waals surface area contributed by atoms with E-state index < -0.39 is 17.4 Å². The predicted molar refractivity (Wildman–Crippen MR) is 183 cm³/mol. The fourth-order valence-electron chi connectivity index (χ4n) is 8.58. The maximum atomic E-state index is 14.2. The molecular weight excluding hydrogens is 610 g/mol. The number of benzene rings is 2. The Morgan fingerprint density at radius 1 is 0.979 bits per heavy atom. The van der Waals surface area contributed by atoms with Gasteiger partial charge in [0.25, 0.3) is 5.91 Å². The number of nitrogens with one attached hydrogen (secondary N) is 2. The molecule has 256 valence electrons. The quantitative estimate of drug-likeness (QED) is 0.230. The summed E-state index contributed by atoms with van der Waals surface area (Å²) in [4.78, 5) is 41.9. The number of carboxylic acids is 1. The van der Waals surface area contributed by atoms with Crippen molar-refractivity contribution in [3.63, 3.8) is 0 Å². The van der Waals surface area contributed by atoms with Crippen molar-refractivity contribution < 1.29 is 29.0 Å². The lowest BCUT2D eigenvalue weighted by Crippen LogP contribution is -2.70. The van der Waals surface area contributed by atoms with Crippen LogP contribution in [0.15, 0.2) is 42.5 Å². The van der Waals surface area contributed by atoms with E-state index in [4.69, 9.17) is 14.6 Å². The van der Waals surface area contributed by atoms with Gasteiger partial charge in [0.15, 0.2) is 5.69 Å². The summed E-state index contributed by atoms with van der Waals surface area (Å²) in [6, 6.07) is 12.8. The summed E-state index contributed by atoms with van der Waals surface area (Å²) in [7, 11) is 7.00. The number of anilines is 1. The van der Waals surface area contributed by atoms with Gasteiger partial charge in [0, 0.05) is 18.7 Å². The largest absolute Gasteiger partial charge is 0.496 e. The van der Waals surface area contributed by atoms with Crippen LogP contribution < -0.4 is 20.1 Å². The molecule has 11 heteroatoms. The lowest BCUT2D eigenvalue weighted by molar-refractivity contribution is -0.163. The fourth-order valence-corrected chi connectivity index (χ4v) is 8.58. The summed E-state index contributed by atoms with van der Waals surface area (Å²) in [5.74, 6) is 0.403. The highest BCUT2D eigenvalue weighted by atomic mass is 16.5. The first kappa shape index (κ1) is 33.5. The van der Waals surface area contributed by atoms with E-state index in [9.17, 15) is 19.5 Å². The number of carbonyl (C=O) groups is 3. The van der Waals surface area contributed by atoms with Crippen LogP contribution >= 0.6 is 0 Å². The summed E-state index contributed by atoms with van der Waals surface area (Å²) in [6.07, 6.45) is 4.84. The Morgan fingerprint density at radius 2 is 1.60 bits per heavy atom. The third-order valence-corrected chi connectivity index (χ3v) is 10.7. The molecule has 3 N–H and O–H groups in total. The number of aromatic nitrogens is 2. The van der Waals surface area contributed by atoms with E-state index in [1.807, 2.05) is 55.4 Å². The molecule has 2 aromatic carbocycles. The number of carboxylic acid groups (broad SMARTS) is 1. The van der Waals surface area contributed by atoms with Crippen LogP contribution in [0, 0.1) is 23.7 Å². The Kier molecular flexibility index (Phi) is 9.26. The van der Waals surface area contributed by atoms with Crippen LogP contribution in [0.25, 0.3) is 16.9 Å². The zero-order valence-electron chi connectivity index (χ0n) is 28.7. The van der Waals surface area contributed by atoms with Crippen LogP contribution in [0.2, 0.25) is 0 Å². The molecule has 3 aromatic rings. The van der Waals surface area contributed by atoms with Gasteiger partial charge in [-0.25, -0.2) is 9.48 Å². The highest BCUT2D eigenvalue weighted by Crippen LogP contribution is 2.58. The normalized spacial score (nSPS) is 24.2. The van der Waals surface area contributed by atoms with E-state index in [0.717, 1.165) is 31.2 Å². The molecule has 0 spiro atoms. The average Bonchev–Trinajstić information content (AvgIpc) is 3.49. The van der Waals surface area contributed by atoms with Crippen LogP contribution in [0.1, 0.15) is 74.3 Å². The number of methoxy groups -OCH3 is 2. The van der Waals surface area contributed by atoms with E-state index in [0.29, 0.717) is 58.9 Å². The number of hydrogen-bond donors (Lipinski definition) is 3. The Hall–Kier alpha value is -4.38. The molecule has 1 aromatic heterocycles. The molecule has 48 heavy (non-hydrogen) atoms. The minimum Gasteiger partial charge on any atom is -0.496 e. The average molecular weight is 658 g/mol. The highest BCUT2D eigenvalue weighted by Gasteiger charge is 2.62. The second-order valence-electron chi connectivity index (χ2n) is 14.3. The number of nitrogens with zero attached hydrogens (tertiary/aromatic N) is 3. The molecule has 0 aliphatic heterocycles. The van der Waals surface area contributed by atoms with Gasteiger partial charge in [-0.2, -0.15) is 5.10 Å². The maximum Gasteiger partial charge on any atom is 0.330 e.